The maximum Gasteiger partial charge on any atom is 0.315 e. The largest absolute Gasteiger partial charge is 0.336 e. The Morgan fingerprint density at radius 1 is 1.27 bits per heavy atom. The number of carbonyl (C=O) groups is 1. The van der Waals surface area contributed by atoms with Crippen LogP contribution in [0.5, 0.6) is 0 Å². The Kier molecular flexibility index (Phi) is 6.24. The van der Waals surface area contributed by atoms with Crippen molar-refractivity contribution in [3.05, 3.63) is 57.2 Å². The van der Waals surface area contributed by atoms with Crippen molar-refractivity contribution in [1.82, 2.24) is 15.5 Å². The number of hydrogen-bond donors (Lipinski definition) is 2. The molecule has 0 saturated heterocycles. The van der Waals surface area contributed by atoms with Gasteiger partial charge in [-0.25, -0.2) is 4.79 Å². The second kappa shape index (κ2) is 8.17. The van der Waals surface area contributed by atoms with Gasteiger partial charge in [0.2, 0.25) is 0 Å². The summed E-state index contributed by atoms with van der Waals surface area (Å²) in [7, 11) is 4.02. The number of carbonyl (C=O) groups excluding carboxylic acids is 1. The molecule has 2 amide bonds. The molecule has 0 bridgehead atoms. The van der Waals surface area contributed by atoms with Crippen LogP contribution in [0.2, 0.25) is 5.02 Å². The first kappa shape index (κ1) is 16.8. The van der Waals surface area contributed by atoms with Crippen LogP contribution in [0.15, 0.2) is 41.8 Å². The second-order valence-electron chi connectivity index (χ2n) is 5.19. The van der Waals surface area contributed by atoms with E-state index in [0.717, 1.165) is 5.56 Å². The summed E-state index contributed by atoms with van der Waals surface area (Å²) in [5.74, 6) is 0. The normalized spacial score (nSPS) is 12.2. The zero-order valence-corrected chi connectivity index (χ0v) is 14.2. The molecule has 0 saturated carbocycles. The highest BCUT2D eigenvalue weighted by Gasteiger charge is 2.15. The number of likely N-dealkylation sites (N-methyl/N-ethyl adjacent to an activating group) is 1. The molecule has 0 aliphatic heterocycles. The van der Waals surface area contributed by atoms with E-state index in [1.807, 2.05) is 49.8 Å². The molecule has 0 fully saturated rings. The Labute approximate surface area is 140 Å². The summed E-state index contributed by atoms with van der Waals surface area (Å²) >= 11 is 7.62. The maximum atomic E-state index is 11.9. The average molecular weight is 338 g/mol. The van der Waals surface area contributed by atoms with Gasteiger partial charge < -0.3 is 15.5 Å². The quantitative estimate of drug-likeness (QED) is 0.847. The predicted molar refractivity (Wildman–Crippen MR) is 92.4 cm³/mol. The third-order valence-electron chi connectivity index (χ3n) is 3.29. The van der Waals surface area contributed by atoms with Crippen LogP contribution in [0.25, 0.3) is 0 Å². The topological polar surface area (TPSA) is 44.4 Å². The number of hydrogen-bond acceptors (Lipinski definition) is 3. The van der Waals surface area contributed by atoms with Crippen LogP contribution in [0.1, 0.15) is 16.5 Å². The number of urea groups is 1. The van der Waals surface area contributed by atoms with E-state index in [9.17, 15) is 4.79 Å². The number of halogens is 1. The van der Waals surface area contributed by atoms with Crippen molar-refractivity contribution in [3.8, 4) is 0 Å². The third kappa shape index (κ3) is 5.02. The molecule has 2 aromatic rings. The van der Waals surface area contributed by atoms with Gasteiger partial charge >= 0.3 is 6.03 Å². The third-order valence-corrected chi connectivity index (χ3v) is 4.50. The van der Waals surface area contributed by atoms with Crippen molar-refractivity contribution in [3.63, 3.8) is 0 Å². The first-order valence-electron chi connectivity index (χ1n) is 7.02. The molecule has 1 aromatic heterocycles. The Balaban J connectivity index is 1.81. The van der Waals surface area contributed by atoms with Crippen LogP contribution in [0.4, 0.5) is 4.79 Å². The Hall–Kier alpha value is -1.56. The SMILES string of the molecule is CN(C)C(CNC(=O)NCc1cccc(Cl)c1)c1cccs1. The van der Waals surface area contributed by atoms with Crippen LogP contribution < -0.4 is 10.6 Å². The molecule has 1 aromatic carbocycles. The maximum absolute atomic E-state index is 11.9. The molecule has 1 heterocycles. The van der Waals surface area contributed by atoms with Crippen molar-refractivity contribution in [2.75, 3.05) is 20.6 Å². The van der Waals surface area contributed by atoms with Crippen molar-refractivity contribution >= 4 is 29.0 Å². The molecule has 118 valence electrons. The summed E-state index contributed by atoms with van der Waals surface area (Å²) in [5.41, 5.74) is 0.977. The fraction of sp³-hybridized carbons (Fsp3) is 0.312. The molecule has 0 aliphatic carbocycles. The van der Waals surface area contributed by atoms with Gasteiger partial charge in [0.1, 0.15) is 0 Å². The Morgan fingerprint density at radius 2 is 2.09 bits per heavy atom. The molecule has 22 heavy (non-hydrogen) atoms. The number of thiophene rings is 1. The van der Waals surface area contributed by atoms with Crippen molar-refractivity contribution < 1.29 is 4.79 Å². The minimum atomic E-state index is -0.177. The molecule has 4 nitrogen and oxygen atoms in total. The lowest BCUT2D eigenvalue weighted by molar-refractivity contribution is 0.233. The van der Waals surface area contributed by atoms with Crippen molar-refractivity contribution in [2.45, 2.75) is 12.6 Å². The van der Waals surface area contributed by atoms with Crippen LogP contribution in [-0.2, 0) is 6.54 Å². The average Bonchev–Trinajstić information content (AvgIpc) is 2.99. The van der Waals surface area contributed by atoms with E-state index in [-0.39, 0.29) is 12.1 Å². The standard InChI is InChI=1S/C16H20ClN3OS/c1-20(2)14(15-7-4-8-22-15)11-19-16(21)18-10-12-5-3-6-13(17)9-12/h3-9,14H,10-11H2,1-2H3,(H2,18,19,21). The molecular formula is C16H20ClN3OS. The van der Waals surface area contributed by atoms with Gasteiger partial charge in [0.25, 0.3) is 0 Å². The van der Waals surface area contributed by atoms with Gasteiger partial charge in [0.05, 0.1) is 6.04 Å². The summed E-state index contributed by atoms with van der Waals surface area (Å²) in [6, 6.07) is 11.6. The van der Waals surface area contributed by atoms with E-state index in [4.69, 9.17) is 11.6 Å². The van der Waals surface area contributed by atoms with Gasteiger partial charge in [-0.05, 0) is 43.2 Å². The van der Waals surface area contributed by atoms with Gasteiger partial charge in [0.15, 0.2) is 0 Å². The van der Waals surface area contributed by atoms with E-state index < -0.39 is 0 Å². The van der Waals surface area contributed by atoms with Crippen LogP contribution in [-0.4, -0.2) is 31.6 Å². The highest BCUT2D eigenvalue weighted by Crippen LogP contribution is 2.22. The number of benzene rings is 1. The Bertz CT molecular complexity index is 601. The lowest BCUT2D eigenvalue weighted by Crippen LogP contribution is -2.40. The zero-order valence-electron chi connectivity index (χ0n) is 12.7. The first-order valence-corrected chi connectivity index (χ1v) is 8.28. The monoisotopic (exact) mass is 337 g/mol. The number of rotatable bonds is 6. The summed E-state index contributed by atoms with van der Waals surface area (Å²) in [4.78, 5) is 15.3. The predicted octanol–water partition coefficient (Wildman–Crippen LogP) is 3.50. The second-order valence-corrected chi connectivity index (χ2v) is 6.60. The van der Waals surface area contributed by atoms with Crippen molar-refractivity contribution in [1.29, 1.82) is 0 Å². The highest BCUT2D eigenvalue weighted by molar-refractivity contribution is 7.10. The van der Waals surface area contributed by atoms with E-state index in [1.54, 1.807) is 11.3 Å². The summed E-state index contributed by atoms with van der Waals surface area (Å²) in [6.45, 7) is 1.02. The molecular weight excluding hydrogens is 318 g/mol. The molecule has 2 N–H and O–H groups in total. The summed E-state index contributed by atoms with van der Waals surface area (Å²) in [5, 5.41) is 8.48. The van der Waals surface area contributed by atoms with Gasteiger partial charge in [-0.2, -0.15) is 0 Å². The van der Waals surface area contributed by atoms with Crippen LogP contribution in [0, 0.1) is 0 Å². The molecule has 1 unspecified atom stereocenters. The van der Waals surface area contributed by atoms with Gasteiger partial charge in [-0.3, -0.25) is 0 Å². The van der Waals surface area contributed by atoms with Gasteiger partial charge in [0, 0.05) is 23.0 Å². The van der Waals surface area contributed by atoms with Crippen molar-refractivity contribution in [2.24, 2.45) is 0 Å². The van der Waals surface area contributed by atoms with E-state index in [0.29, 0.717) is 18.1 Å². The van der Waals surface area contributed by atoms with Gasteiger partial charge in [-0.1, -0.05) is 29.8 Å². The Morgan fingerprint density at radius 3 is 2.73 bits per heavy atom. The molecule has 1 atom stereocenters. The van der Waals surface area contributed by atoms with Crippen LogP contribution >= 0.6 is 22.9 Å². The minimum Gasteiger partial charge on any atom is -0.336 e. The molecule has 0 radical (unpaired) electrons. The molecule has 6 heteroatoms. The number of nitrogens with zero attached hydrogens (tertiary/aromatic N) is 1. The fourth-order valence-electron chi connectivity index (χ4n) is 2.10. The van der Waals surface area contributed by atoms with E-state index in [1.165, 1.54) is 4.88 Å². The van der Waals surface area contributed by atoms with Gasteiger partial charge in [-0.15, -0.1) is 11.3 Å². The van der Waals surface area contributed by atoms with Crippen LogP contribution in [0.3, 0.4) is 0 Å². The van der Waals surface area contributed by atoms with E-state index >= 15 is 0 Å². The smallest absolute Gasteiger partial charge is 0.315 e. The molecule has 0 aliphatic rings. The molecule has 2 rings (SSSR count). The summed E-state index contributed by atoms with van der Waals surface area (Å²) in [6.07, 6.45) is 0. The molecule has 0 spiro atoms. The highest BCUT2D eigenvalue weighted by atomic mass is 35.5. The zero-order chi connectivity index (χ0) is 15.9. The first-order chi connectivity index (χ1) is 10.6. The van der Waals surface area contributed by atoms with E-state index in [2.05, 4.69) is 21.6 Å². The fourth-order valence-corrected chi connectivity index (χ4v) is 3.24. The lowest BCUT2D eigenvalue weighted by Gasteiger charge is -2.23. The summed E-state index contributed by atoms with van der Waals surface area (Å²) < 4.78 is 0. The number of amides is 2. The minimum absolute atomic E-state index is 0.177. The number of nitrogens with one attached hydrogen (secondary N) is 2. The lowest BCUT2D eigenvalue weighted by atomic mass is 10.2.